The fourth-order valence-corrected chi connectivity index (χ4v) is 5.51. The third-order valence-corrected chi connectivity index (χ3v) is 7.33. The lowest BCUT2D eigenvalue weighted by molar-refractivity contribution is -0.123. The van der Waals surface area contributed by atoms with E-state index in [1.165, 1.54) is 55.6 Å². The van der Waals surface area contributed by atoms with Gasteiger partial charge in [-0.15, -0.1) is 11.3 Å². The lowest BCUT2D eigenvalue weighted by Crippen LogP contribution is -2.40. The molecule has 2 amide bonds. The number of rotatable bonds is 6. The second-order valence-corrected chi connectivity index (χ2v) is 9.71. The van der Waals surface area contributed by atoms with Crippen molar-refractivity contribution in [3.8, 4) is 11.3 Å². The van der Waals surface area contributed by atoms with E-state index in [-0.39, 0.29) is 29.6 Å². The van der Waals surface area contributed by atoms with Crippen LogP contribution in [0.1, 0.15) is 64.2 Å². The summed E-state index contributed by atoms with van der Waals surface area (Å²) >= 11 is 1.37. The van der Waals surface area contributed by atoms with Crippen LogP contribution in [-0.4, -0.2) is 22.8 Å². The minimum Gasteiger partial charge on any atom is -0.353 e. The summed E-state index contributed by atoms with van der Waals surface area (Å²) in [6.45, 7) is 0. The van der Waals surface area contributed by atoms with E-state index in [9.17, 15) is 14.0 Å². The molecule has 166 valence electrons. The Morgan fingerprint density at radius 3 is 2.42 bits per heavy atom. The van der Waals surface area contributed by atoms with E-state index < -0.39 is 0 Å². The summed E-state index contributed by atoms with van der Waals surface area (Å²) in [4.78, 5) is 29.5. The number of nitrogens with one attached hydrogen (secondary N) is 2. The Hall–Kier alpha value is -2.28. The van der Waals surface area contributed by atoms with Crippen LogP contribution in [0.4, 0.5) is 9.39 Å². The molecule has 1 aromatic heterocycles. The van der Waals surface area contributed by atoms with Crippen molar-refractivity contribution in [3.05, 3.63) is 35.6 Å². The Kier molecular flexibility index (Phi) is 7.33. The number of benzene rings is 1. The van der Waals surface area contributed by atoms with Crippen molar-refractivity contribution in [1.82, 2.24) is 10.3 Å². The van der Waals surface area contributed by atoms with Crippen molar-refractivity contribution in [2.75, 3.05) is 5.32 Å². The average Bonchev–Trinajstić information content (AvgIpc) is 3.23. The van der Waals surface area contributed by atoms with Crippen molar-refractivity contribution in [2.24, 2.45) is 11.8 Å². The SMILES string of the molecule is O=C(CC1CCCCC1)NC1CCC(C(=O)Nc2scnc2-c2ccc(F)cc2)CC1. The number of carbonyl (C=O) groups is 2. The van der Waals surface area contributed by atoms with Gasteiger partial charge in [0.2, 0.25) is 11.8 Å². The van der Waals surface area contributed by atoms with Crippen molar-refractivity contribution >= 4 is 28.2 Å². The summed E-state index contributed by atoms with van der Waals surface area (Å²) in [5.74, 6) is 0.361. The first-order chi connectivity index (χ1) is 15.1. The van der Waals surface area contributed by atoms with Crippen LogP contribution < -0.4 is 10.6 Å². The topological polar surface area (TPSA) is 71.1 Å². The quantitative estimate of drug-likeness (QED) is 0.616. The third kappa shape index (κ3) is 5.91. The predicted octanol–water partition coefficient (Wildman–Crippen LogP) is 5.53. The van der Waals surface area contributed by atoms with Crippen LogP contribution in [-0.2, 0) is 9.59 Å². The molecular formula is C24H30FN3O2S. The molecule has 0 spiro atoms. The van der Waals surface area contributed by atoms with Gasteiger partial charge in [-0.3, -0.25) is 9.59 Å². The molecule has 0 saturated heterocycles. The van der Waals surface area contributed by atoms with Crippen molar-refractivity contribution < 1.29 is 14.0 Å². The summed E-state index contributed by atoms with van der Waals surface area (Å²) in [7, 11) is 0. The molecule has 2 aliphatic carbocycles. The van der Waals surface area contributed by atoms with Gasteiger partial charge in [-0.05, 0) is 68.7 Å². The van der Waals surface area contributed by atoms with Gasteiger partial charge in [0.05, 0.1) is 5.51 Å². The second kappa shape index (κ2) is 10.4. The summed E-state index contributed by atoms with van der Waals surface area (Å²) in [5, 5.41) is 6.91. The monoisotopic (exact) mass is 443 g/mol. The molecule has 0 aliphatic heterocycles. The number of hydrogen-bond donors (Lipinski definition) is 2. The Bertz CT molecular complexity index is 884. The first-order valence-corrected chi connectivity index (χ1v) is 12.3. The number of thiazole rings is 1. The number of halogens is 1. The molecule has 2 aromatic rings. The molecule has 2 N–H and O–H groups in total. The minimum atomic E-state index is -0.299. The molecule has 7 heteroatoms. The average molecular weight is 444 g/mol. The number of anilines is 1. The lowest BCUT2D eigenvalue weighted by atomic mass is 9.84. The van der Waals surface area contributed by atoms with Crippen LogP contribution in [0.2, 0.25) is 0 Å². The van der Waals surface area contributed by atoms with Gasteiger partial charge in [-0.2, -0.15) is 0 Å². The summed E-state index contributed by atoms with van der Waals surface area (Å²) in [6.07, 6.45) is 10.0. The van der Waals surface area contributed by atoms with E-state index in [1.54, 1.807) is 17.6 Å². The first kappa shape index (κ1) is 21.9. The third-order valence-electron chi connectivity index (χ3n) is 6.58. The summed E-state index contributed by atoms with van der Waals surface area (Å²) in [6, 6.07) is 6.30. The number of hydrogen-bond acceptors (Lipinski definition) is 4. The number of aromatic nitrogens is 1. The highest BCUT2D eigenvalue weighted by molar-refractivity contribution is 7.14. The molecule has 2 saturated carbocycles. The fraction of sp³-hybridized carbons (Fsp3) is 0.542. The zero-order chi connectivity index (χ0) is 21.6. The van der Waals surface area contributed by atoms with Crippen molar-refractivity contribution in [3.63, 3.8) is 0 Å². The van der Waals surface area contributed by atoms with Crippen LogP contribution >= 0.6 is 11.3 Å². The fourth-order valence-electron chi connectivity index (χ4n) is 4.80. The Morgan fingerprint density at radius 1 is 1.00 bits per heavy atom. The van der Waals surface area contributed by atoms with E-state index in [0.29, 0.717) is 23.0 Å². The van der Waals surface area contributed by atoms with Gasteiger partial charge in [-0.25, -0.2) is 9.37 Å². The van der Waals surface area contributed by atoms with Gasteiger partial charge in [0, 0.05) is 23.9 Å². The molecule has 0 radical (unpaired) electrons. The van der Waals surface area contributed by atoms with Gasteiger partial charge in [0.1, 0.15) is 16.5 Å². The molecular weight excluding hydrogens is 413 g/mol. The second-order valence-electron chi connectivity index (χ2n) is 8.85. The maximum absolute atomic E-state index is 13.2. The number of nitrogens with zero attached hydrogens (tertiary/aromatic N) is 1. The molecule has 2 fully saturated rings. The van der Waals surface area contributed by atoms with Gasteiger partial charge in [0.15, 0.2) is 0 Å². The van der Waals surface area contributed by atoms with E-state index in [2.05, 4.69) is 15.6 Å². The number of carbonyl (C=O) groups excluding carboxylic acids is 2. The molecule has 5 nitrogen and oxygen atoms in total. The standard InChI is InChI=1S/C24H30FN3O2S/c25-19-10-6-17(7-11-19)22-24(31-15-26-22)28-23(30)18-8-12-20(13-9-18)27-21(29)14-16-4-2-1-3-5-16/h6-7,10-11,15-16,18,20H,1-5,8-9,12-14H2,(H,27,29)(H,28,30). The zero-order valence-electron chi connectivity index (χ0n) is 17.7. The predicted molar refractivity (Wildman–Crippen MR) is 121 cm³/mol. The van der Waals surface area contributed by atoms with Gasteiger partial charge in [0.25, 0.3) is 0 Å². The van der Waals surface area contributed by atoms with Crippen LogP contribution in [0.5, 0.6) is 0 Å². The molecule has 4 rings (SSSR count). The summed E-state index contributed by atoms with van der Waals surface area (Å²) < 4.78 is 13.2. The highest BCUT2D eigenvalue weighted by Crippen LogP contribution is 2.33. The largest absolute Gasteiger partial charge is 0.353 e. The smallest absolute Gasteiger partial charge is 0.228 e. The highest BCUT2D eigenvalue weighted by atomic mass is 32.1. The Balaban J connectivity index is 1.25. The van der Waals surface area contributed by atoms with Crippen LogP contribution in [0, 0.1) is 17.7 Å². The van der Waals surface area contributed by atoms with E-state index >= 15 is 0 Å². The van der Waals surface area contributed by atoms with Crippen LogP contribution in [0.3, 0.4) is 0 Å². The van der Waals surface area contributed by atoms with Gasteiger partial charge < -0.3 is 10.6 Å². The first-order valence-electron chi connectivity index (χ1n) is 11.4. The van der Waals surface area contributed by atoms with E-state index in [4.69, 9.17) is 0 Å². The van der Waals surface area contributed by atoms with Crippen molar-refractivity contribution in [2.45, 2.75) is 70.3 Å². The normalized spacial score (nSPS) is 22.1. The molecule has 1 heterocycles. The molecule has 0 unspecified atom stereocenters. The molecule has 0 atom stereocenters. The summed E-state index contributed by atoms with van der Waals surface area (Å²) in [5.41, 5.74) is 3.14. The molecule has 1 aromatic carbocycles. The zero-order valence-corrected chi connectivity index (χ0v) is 18.6. The lowest BCUT2D eigenvalue weighted by Gasteiger charge is -2.29. The Labute approximate surface area is 186 Å². The maximum Gasteiger partial charge on any atom is 0.228 e. The molecule has 31 heavy (non-hydrogen) atoms. The Morgan fingerprint density at radius 2 is 1.71 bits per heavy atom. The van der Waals surface area contributed by atoms with E-state index in [1.807, 2.05) is 0 Å². The van der Waals surface area contributed by atoms with E-state index in [0.717, 1.165) is 31.2 Å². The number of amides is 2. The van der Waals surface area contributed by atoms with Crippen LogP contribution in [0.25, 0.3) is 11.3 Å². The van der Waals surface area contributed by atoms with Crippen LogP contribution in [0.15, 0.2) is 29.8 Å². The minimum absolute atomic E-state index is 0.000376. The van der Waals surface area contributed by atoms with Crippen molar-refractivity contribution in [1.29, 1.82) is 0 Å². The van der Waals surface area contributed by atoms with Gasteiger partial charge in [-0.1, -0.05) is 19.3 Å². The van der Waals surface area contributed by atoms with Gasteiger partial charge >= 0.3 is 0 Å². The highest BCUT2D eigenvalue weighted by Gasteiger charge is 2.28. The maximum atomic E-state index is 13.2. The molecule has 0 bridgehead atoms. The molecule has 2 aliphatic rings.